The Morgan fingerprint density at radius 2 is 2.21 bits per heavy atom. The minimum atomic E-state index is 0.730. The quantitative estimate of drug-likeness (QED) is 0.727. The molecule has 1 aromatic carbocycles. The molecular weight excluding hydrogens is 174 g/mol. The largest absolute Gasteiger partial charge is 0.361 e. The van der Waals surface area contributed by atoms with Crippen molar-refractivity contribution in [1.29, 1.82) is 0 Å². The number of benzene rings is 1. The van der Waals surface area contributed by atoms with E-state index >= 15 is 0 Å². The van der Waals surface area contributed by atoms with Crippen molar-refractivity contribution in [2.75, 3.05) is 24.8 Å². The Balaban J connectivity index is 2.14. The van der Waals surface area contributed by atoms with E-state index in [-0.39, 0.29) is 0 Å². The van der Waals surface area contributed by atoms with Gasteiger partial charge in [0.15, 0.2) is 0 Å². The number of aryl methyl sites for hydroxylation is 1. The molecule has 2 heteroatoms. The first-order valence-corrected chi connectivity index (χ1v) is 5.32. The fourth-order valence-corrected chi connectivity index (χ4v) is 1.95. The number of fused-ring (bicyclic) bond motifs is 1. The summed E-state index contributed by atoms with van der Waals surface area (Å²) in [5, 5.41) is 0. The van der Waals surface area contributed by atoms with Gasteiger partial charge in [0, 0.05) is 18.8 Å². The molecule has 1 aromatic rings. The summed E-state index contributed by atoms with van der Waals surface area (Å²) in [6.07, 6.45) is 2.45. The van der Waals surface area contributed by atoms with Crippen molar-refractivity contribution < 1.29 is 4.74 Å². The predicted molar refractivity (Wildman–Crippen MR) is 58.6 cm³/mol. The van der Waals surface area contributed by atoms with E-state index in [1.54, 1.807) is 0 Å². The van der Waals surface area contributed by atoms with Crippen molar-refractivity contribution in [3.63, 3.8) is 0 Å². The second-order valence-corrected chi connectivity index (χ2v) is 3.62. The number of rotatable bonds is 3. The molecule has 0 N–H and O–H groups in total. The average Bonchev–Trinajstić information content (AvgIpc) is 2.26. The molecular formula is C12H17NO. The van der Waals surface area contributed by atoms with Gasteiger partial charge in [0.25, 0.3) is 0 Å². The van der Waals surface area contributed by atoms with E-state index < -0.39 is 0 Å². The van der Waals surface area contributed by atoms with E-state index in [0.717, 1.165) is 19.9 Å². The molecule has 2 nitrogen and oxygen atoms in total. The van der Waals surface area contributed by atoms with E-state index in [9.17, 15) is 0 Å². The molecule has 0 aromatic heterocycles. The molecule has 1 aliphatic heterocycles. The first-order valence-electron chi connectivity index (χ1n) is 5.32. The first-order chi connectivity index (χ1) is 6.92. The van der Waals surface area contributed by atoms with Gasteiger partial charge in [0.05, 0.1) is 0 Å². The van der Waals surface area contributed by atoms with E-state index in [4.69, 9.17) is 4.74 Å². The monoisotopic (exact) mass is 191 g/mol. The summed E-state index contributed by atoms with van der Waals surface area (Å²) in [6.45, 7) is 4.68. The van der Waals surface area contributed by atoms with Gasteiger partial charge in [-0.1, -0.05) is 18.2 Å². The zero-order chi connectivity index (χ0) is 9.80. The van der Waals surface area contributed by atoms with Gasteiger partial charge >= 0.3 is 0 Å². The molecule has 0 saturated heterocycles. The highest BCUT2D eigenvalue weighted by atomic mass is 16.5. The molecule has 0 amide bonds. The molecule has 1 aliphatic rings. The lowest BCUT2D eigenvalue weighted by Crippen LogP contribution is -2.31. The van der Waals surface area contributed by atoms with Crippen LogP contribution in [0.25, 0.3) is 0 Å². The van der Waals surface area contributed by atoms with Crippen LogP contribution in [0.15, 0.2) is 24.3 Å². The van der Waals surface area contributed by atoms with Crippen LogP contribution in [0.1, 0.15) is 18.9 Å². The minimum absolute atomic E-state index is 0.730. The van der Waals surface area contributed by atoms with Crippen molar-refractivity contribution in [3.05, 3.63) is 29.8 Å². The third-order valence-corrected chi connectivity index (χ3v) is 2.66. The molecule has 0 bridgehead atoms. The van der Waals surface area contributed by atoms with Crippen LogP contribution in [0.4, 0.5) is 5.69 Å². The first kappa shape index (κ1) is 9.53. The Morgan fingerprint density at radius 3 is 3.07 bits per heavy atom. The molecule has 76 valence electrons. The lowest BCUT2D eigenvalue weighted by atomic mass is 10.0. The Labute approximate surface area is 85.5 Å². The van der Waals surface area contributed by atoms with Crippen molar-refractivity contribution in [3.8, 4) is 0 Å². The van der Waals surface area contributed by atoms with Gasteiger partial charge in [-0.3, -0.25) is 0 Å². The fraction of sp³-hybridized carbons (Fsp3) is 0.500. The maximum absolute atomic E-state index is 5.46. The third kappa shape index (κ3) is 1.90. The highest BCUT2D eigenvalue weighted by molar-refractivity contribution is 5.54. The van der Waals surface area contributed by atoms with E-state index in [1.165, 1.54) is 24.1 Å². The Kier molecular flexibility index (Phi) is 3.04. The van der Waals surface area contributed by atoms with Crippen LogP contribution in [-0.2, 0) is 11.2 Å². The average molecular weight is 191 g/mol. The third-order valence-electron chi connectivity index (χ3n) is 2.66. The lowest BCUT2D eigenvalue weighted by molar-refractivity contribution is 0.146. The molecule has 0 aliphatic carbocycles. The minimum Gasteiger partial charge on any atom is -0.361 e. The molecule has 1 heterocycles. The zero-order valence-electron chi connectivity index (χ0n) is 8.70. The topological polar surface area (TPSA) is 12.5 Å². The van der Waals surface area contributed by atoms with Gasteiger partial charge in [-0.25, -0.2) is 0 Å². The number of hydrogen-bond acceptors (Lipinski definition) is 2. The van der Waals surface area contributed by atoms with Crippen molar-refractivity contribution >= 4 is 5.69 Å². The Bertz CT molecular complexity index is 298. The van der Waals surface area contributed by atoms with Crippen LogP contribution in [-0.4, -0.2) is 19.9 Å². The Hall–Kier alpha value is -1.02. The second kappa shape index (κ2) is 4.47. The summed E-state index contributed by atoms with van der Waals surface area (Å²) in [7, 11) is 0. The van der Waals surface area contributed by atoms with Gasteiger partial charge in [-0.15, -0.1) is 0 Å². The van der Waals surface area contributed by atoms with Gasteiger partial charge < -0.3 is 9.64 Å². The summed E-state index contributed by atoms with van der Waals surface area (Å²) >= 11 is 0. The van der Waals surface area contributed by atoms with Gasteiger partial charge in [-0.05, 0) is 31.4 Å². The summed E-state index contributed by atoms with van der Waals surface area (Å²) in [4.78, 5) is 2.32. The molecule has 0 atom stereocenters. The number of ether oxygens (including phenoxy) is 1. The molecule has 0 unspecified atom stereocenters. The van der Waals surface area contributed by atoms with Crippen LogP contribution in [0.2, 0.25) is 0 Å². The molecule has 0 spiro atoms. The second-order valence-electron chi connectivity index (χ2n) is 3.62. The highest BCUT2D eigenvalue weighted by Crippen LogP contribution is 2.26. The van der Waals surface area contributed by atoms with Crippen molar-refractivity contribution in [1.82, 2.24) is 0 Å². The summed E-state index contributed by atoms with van der Waals surface area (Å²) in [5.41, 5.74) is 2.81. The predicted octanol–water partition coefficient (Wildman–Crippen LogP) is 2.43. The summed E-state index contributed by atoms with van der Waals surface area (Å²) in [6, 6.07) is 8.62. The van der Waals surface area contributed by atoms with Crippen molar-refractivity contribution in [2.45, 2.75) is 19.8 Å². The zero-order valence-corrected chi connectivity index (χ0v) is 8.70. The SMILES string of the molecule is CCOCN1CCCc2ccccc21. The molecule has 0 radical (unpaired) electrons. The van der Waals surface area contributed by atoms with Crippen LogP contribution < -0.4 is 4.90 Å². The van der Waals surface area contributed by atoms with Crippen molar-refractivity contribution in [2.24, 2.45) is 0 Å². The van der Waals surface area contributed by atoms with Crippen LogP contribution in [0.3, 0.4) is 0 Å². The lowest BCUT2D eigenvalue weighted by Gasteiger charge is -2.30. The number of para-hydroxylation sites is 1. The van der Waals surface area contributed by atoms with E-state index in [0.29, 0.717) is 0 Å². The number of nitrogens with zero attached hydrogens (tertiary/aromatic N) is 1. The molecule has 14 heavy (non-hydrogen) atoms. The standard InChI is InChI=1S/C12H17NO/c1-2-14-10-13-9-5-7-11-6-3-4-8-12(11)13/h3-4,6,8H,2,5,7,9-10H2,1H3. The number of anilines is 1. The van der Waals surface area contributed by atoms with Gasteiger partial charge in [0.1, 0.15) is 6.73 Å². The summed E-state index contributed by atoms with van der Waals surface area (Å²) in [5.74, 6) is 0. The van der Waals surface area contributed by atoms with E-state index in [1.807, 2.05) is 6.92 Å². The molecule has 0 saturated carbocycles. The highest BCUT2D eigenvalue weighted by Gasteiger charge is 2.15. The van der Waals surface area contributed by atoms with Crippen LogP contribution >= 0.6 is 0 Å². The number of hydrogen-bond donors (Lipinski definition) is 0. The van der Waals surface area contributed by atoms with Gasteiger partial charge in [-0.2, -0.15) is 0 Å². The molecule has 0 fully saturated rings. The fourth-order valence-electron chi connectivity index (χ4n) is 1.95. The maximum atomic E-state index is 5.46. The maximum Gasteiger partial charge on any atom is 0.118 e. The van der Waals surface area contributed by atoms with Crippen LogP contribution in [0.5, 0.6) is 0 Å². The van der Waals surface area contributed by atoms with E-state index in [2.05, 4.69) is 29.2 Å². The van der Waals surface area contributed by atoms with Crippen LogP contribution in [0, 0.1) is 0 Å². The normalized spacial score (nSPS) is 15.4. The van der Waals surface area contributed by atoms with Gasteiger partial charge in [0.2, 0.25) is 0 Å². The Morgan fingerprint density at radius 1 is 1.36 bits per heavy atom. The summed E-state index contributed by atoms with van der Waals surface area (Å²) < 4.78 is 5.46. The molecule has 2 rings (SSSR count). The smallest absolute Gasteiger partial charge is 0.118 e.